The van der Waals surface area contributed by atoms with E-state index in [4.69, 9.17) is 9.97 Å². The van der Waals surface area contributed by atoms with Crippen molar-refractivity contribution in [3.63, 3.8) is 0 Å². The van der Waals surface area contributed by atoms with E-state index in [1.165, 1.54) is 34.2 Å². The van der Waals surface area contributed by atoms with E-state index in [1.807, 2.05) is 47.6 Å². The minimum atomic E-state index is 0.697. The molecule has 28 heavy (non-hydrogen) atoms. The standard InChI is InChI=1S/C21H22N6S/c1-13-15(12-24-27(13)2)11-23-20-18-16-7-3-4-8-17(16)28-21(18)26-19(25-20)14-6-5-9-22-10-14/h5-6,9-10,12H,3-4,7-8,11H2,1-2H3,(H,23,25,26). The Morgan fingerprint density at radius 3 is 2.86 bits per heavy atom. The fourth-order valence-electron chi connectivity index (χ4n) is 3.81. The summed E-state index contributed by atoms with van der Waals surface area (Å²) in [5, 5.41) is 9.14. The highest BCUT2D eigenvalue weighted by Crippen LogP contribution is 2.39. The fourth-order valence-corrected chi connectivity index (χ4v) is 5.07. The summed E-state index contributed by atoms with van der Waals surface area (Å²) in [5.74, 6) is 1.65. The first kappa shape index (κ1) is 17.3. The zero-order valence-corrected chi connectivity index (χ0v) is 16.9. The summed E-state index contributed by atoms with van der Waals surface area (Å²) in [6.07, 6.45) is 10.3. The molecule has 0 saturated carbocycles. The van der Waals surface area contributed by atoms with Crippen LogP contribution in [0.2, 0.25) is 0 Å². The molecule has 0 fully saturated rings. The van der Waals surface area contributed by atoms with Crippen LogP contribution < -0.4 is 5.32 Å². The van der Waals surface area contributed by atoms with Crippen molar-refractivity contribution in [1.82, 2.24) is 24.7 Å². The Hall–Kier alpha value is -2.80. The van der Waals surface area contributed by atoms with Crippen molar-refractivity contribution in [2.24, 2.45) is 7.05 Å². The van der Waals surface area contributed by atoms with E-state index in [9.17, 15) is 0 Å². The molecule has 0 unspecified atom stereocenters. The maximum atomic E-state index is 4.92. The Morgan fingerprint density at radius 1 is 1.18 bits per heavy atom. The number of hydrogen-bond donors (Lipinski definition) is 1. The number of rotatable bonds is 4. The van der Waals surface area contributed by atoms with E-state index in [2.05, 4.69) is 22.3 Å². The van der Waals surface area contributed by atoms with Crippen molar-refractivity contribution >= 4 is 27.4 Å². The van der Waals surface area contributed by atoms with Gasteiger partial charge < -0.3 is 5.32 Å². The van der Waals surface area contributed by atoms with Crippen LogP contribution >= 0.6 is 11.3 Å². The summed E-state index contributed by atoms with van der Waals surface area (Å²) in [6.45, 7) is 2.79. The lowest BCUT2D eigenvalue weighted by molar-refractivity contribution is 0.700. The van der Waals surface area contributed by atoms with Crippen LogP contribution in [0.1, 0.15) is 34.5 Å². The molecular formula is C21H22N6S. The lowest BCUT2D eigenvalue weighted by atomic mass is 9.97. The normalized spacial score (nSPS) is 13.6. The van der Waals surface area contributed by atoms with Crippen LogP contribution in [0.3, 0.4) is 0 Å². The number of anilines is 1. The summed E-state index contributed by atoms with van der Waals surface area (Å²) < 4.78 is 1.90. The number of nitrogens with one attached hydrogen (secondary N) is 1. The second-order valence-electron chi connectivity index (χ2n) is 7.26. The van der Waals surface area contributed by atoms with Gasteiger partial charge in [0.25, 0.3) is 0 Å². The summed E-state index contributed by atoms with van der Waals surface area (Å²) in [4.78, 5) is 16.6. The van der Waals surface area contributed by atoms with Crippen LogP contribution in [0.15, 0.2) is 30.7 Å². The molecule has 4 aromatic rings. The van der Waals surface area contributed by atoms with Crippen LogP contribution in [0, 0.1) is 6.92 Å². The first-order valence-corrected chi connectivity index (χ1v) is 10.5. The lowest BCUT2D eigenvalue weighted by Gasteiger charge is -2.13. The largest absolute Gasteiger partial charge is 0.365 e. The predicted octanol–water partition coefficient (Wildman–Crippen LogP) is 4.29. The Labute approximate surface area is 167 Å². The van der Waals surface area contributed by atoms with Crippen LogP contribution in [0.5, 0.6) is 0 Å². The molecule has 5 rings (SSSR count). The van der Waals surface area contributed by atoms with Crippen molar-refractivity contribution < 1.29 is 0 Å². The molecule has 0 radical (unpaired) electrons. The summed E-state index contributed by atoms with van der Waals surface area (Å²) in [7, 11) is 1.97. The maximum absolute atomic E-state index is 4.92. The Kier molecular flexibility index (Phi) is 4.31. The highest BCUT2D eigenvalue weighted by atomic mass is 32.1. The van der Waals surface area contributed by atoms with Gasteiger partial charge in [0.1, 0.15) is 10.6 Å². The van der Waals surface area contributed by atoms with Crippen molar-refractivity contribution in [2.75, 3.05) is 5.32 Å². The Morgan fingerprint density at radius 2 is 2.07 bits per heavy atom. The maximum Gasteiger partial charge on any atom is 0.164 e. The average molecular weight is 391 g/mol. The Bertz CT molecular complexity index is 1140. The zero-order valence-electron chi connectivity index (χ0n) is 16.1. The minimum Gasteiger partial charge on any atom is -0.365 e. The third kappa shape index (κ3) is 2.96. The molecule has 0 spiro atoms. The number of aryl methyl sites for hydroxylation is 3. The molecule has 0 aliphatic heterocycles. The van der Waals surface area contributed by atoms with Gasteiger partial charge in [-0.1, -0.05) is 0 Å². The van der Waals surface area contributed by atoms with Crippen molar-refractivity contribution in [1.29, 1.82) is 0 Å². The topological polar surface area (TPSA) is 68.5 Å². The molecule has 0 aromatic carbocycles. The minimum absolute atomic E-state index is 0.697. The quantitative estimate of drug-likeness (QED) is 0.563. The monoisotopic (exact) mass is 390 g/mol. The van der Waals surface area contributed by atoms with Gasteiger partial charge in [0, 0.05) is 47.7 Å². The summed E-state index contributed by atoms with van der Waals surface area (Å²) >= 11 is 1.82. The average Bonchev–Trinajstić information content (AvgIpc) is 3.27. The summed E-state index contributed by atoms with van der Waals surface area (Å²) in [6, 6.07) is 3.94. The van der Waals surface area contributed by atoms with Gasteiger partial charge in [-0.05, 0) is 50.3 Å². The van der Waals surface area contributed by atoms with Crippen molar-refractivity contribution in [2.45, 2.75) is 39.2 Å². The molecule has 1 aliphatic rings. The van der Waals surface area contributed by atoms with Gasteiger partial charge in [-0.2, -0.15) is 5.10 Å². The van der Waals surface area contributed by atoms with Gasteiger partial charge in [-0.15, -0.1) is 11.3 Å². The zero-order chi connectivity index (χ0) is 19.1. The van der Waals surface area contributed by atoms with Gasteiger partial charge >= 0.3 is 0 Å². The smallest absolute Gasteiger partial charge is 0.164 e. The van der Waals surface area contributed by atoms with E-state index in [1.54, 1.807) is 6.20 Å². The first-order chi connectivity index (χ1) is 13.7. The van der Waals surface area contributed by atoms with Crippen LogP contribution in [-0.2, 0) is 26.4 Å². The number of pyridine rings is 1. The SMILES string of the molecule is Cc1c(CNc2nc(-c3cccnc3)nc3sc4c(c23)CCCC4)cnn1C. The first-order valence-electron chi connectivity index (χ1n) is 9.64. The van der Waals surface area contributed by atoms with E-state index in [0.29, 0.717) is 6.54 Å². The third-order valence-corrected chi connectivity index (χ3v) is 6.70. The van der Waals surface area contributed by atoms with Gasteiger partial charge in [-0.25, -0.2) is 9.97 Å². The van der Waals surface area contributed by atoms with E-state index < -0.39 is 0 Å². The molecule has 0 saturated heterocycles. The van der Waals surface area contributed by atoms with E-state index >= 15 is 0 Å². The second-order valence-corrected chi connectivity index (χ2v) is 8.34. The molecule has 6 nitrogen and oxygen atoms in total. The third-order valence-electron chi connectivity index (χ3n) is 5.52. The highest BCUT2D eigenvalue weighted by molar-refractivity contribution is 7.19. The molecule has 1 aliphatic carbocycles. The number of aromatic nitrogens is 5. The number of fused-ring (bicyclic) bond motifs is 3. The second kappa shape index (κ2) is 6.98. The van der Waals surface area contributed by atoms with Gasteiger partial charge in [0.2, 0.25) is 0 Å². The van der Waals surface area contributed by atoms with Crippen molar-refractivity contribution in [3.05, 3.63) is 52.4 Å². The van der Waals surface area contributed by atoms with Crippen LogP contribution in [0.25, 0.3) is 21.6 Å². The molecular weight excluding hydrogens is 368 g/mol. The molecule has 7 heteroatoms. The van der Waals surface area contributed by atoms with Crippen LogP contribution in [-0.4, -0.2) is 24.7 Å². The molecule has 4 aromatic heterocycles. The highest BCUT2D eigenvalue weighted by Gasteiger charge is 2.21. The number of hydrogen-bond acceptors (Lipinski definition) is 6. The fraction of sp³-hybridized carbons (Fsp3) is 0.333. The van der Waals surface area contributed by atoms with Crippen molar-refractivity contribution in [3.8, 4) is 11.4 Å². The molecule has 0 atom stereocenters. The Balaban J connectivity index is 1.61. The van der Waals surface area contributed by atoms with Gasteiger partial charge in [-0.3, -0.25) is 9.67 Å². The predicted molar refractivity (Wildman–Crippen MR) is 113 cm³/mol. The van der Waals surface area contributed by atoms with E-state index in [-0.39, 0.29) is 0 Å². The molecule has 0 amide bonds. The summed E-state index contributed by atoms with van der Waals surface area (Å²) in [5.41, 5.74) is 4.73. The molecule has 4 heterocycles. The lowest BCUT2D eigenvalue weighted by Crippen LogP contribution is -2.06. The number of thiophene rings is 1. The molecule has 142 valence electrons. The van der Waals surface area contributed by atoms with Crippen LogP contribution in [0.4, 0.5) is 5.82 Å². The molecule has 0 bridgehead atoms. The van der Waals surface area contributed by atoms with Gasteiger partial charge in [0.15, 0.2) is 5.82 Å². The van der Waals surface area contributed by atoms with E-state index in [0.717, 1.165) is 40.6 Å². The van der Waals surface area contributed by atoms with Gasteiger partial charge in [0.05, 0.1) is 11.6 Å². The molecule has 1 N–H and O–H groups in total. The number of nitrogens with zero attached hydrogens (tertiary/aromatic N) is 5.